The van der Waals surface area contributed by atoms with E-state index in [-0.39, 0.29) is 12.5 Å². The molecule has 18 heavy (non-hydrogen) atoms. The number of aliphatic imine (C=N–C) groups is 1. The van der Waals surface area contributed by atoms with Crippen molar-refractivity contribution in [1.29, 1.82) is 0 Å². The molecule has 1 atom stereocenters. The van der Waals surface area contributed by atoms with Crippen LogP contribution in [0.25, 0.3) is 0 Å². The van der Waals surface area contributed by atoms with Crippen molar-refractivity contribution in [2.24, 2.45) is 10.7 Å². The minimum absolute atomic E-state index is 0.132. The van der Waals surface area contributed by atoms with E-state index in [9.17, 15) is 5.11 Å². The van der Waals surface area contributed by atoms with Gasteiger partial charge < -0.3 is 16.2 Å². The van der Waals surface area contributed by atoms with Crippen LogP contribution in [0.5, 0.6) is 0 Å². The number of nitrogens with two attached hydrogens (primary N) is 1. The van der Waals surface area contributed by atoms with Gasteiger partial charge in [-0.1, -0.05) is 35.9 Å². The molecule has 5 heteroatoms. The van der Waals surface area contributed by atoms with Gasteiger partial charge in [-0.25, -0.2) is 0 Å². The lowest BCUT2D eigenvalue weighted by atomic mass is 9.96. The lowest BCUT2D eigenvalue weighted by Crippen LogP contribution is -2.34. The van der Waals surface area contributed by atoms with Crippen molar-refractivity contribution in [2.45, 2.75) is 12.5 Å². The molecule has 1 aromatic carbocycles. The molecule has 0 aliphatic rings. The Morgan fingerprint density at radius 3 is 2.89 bits per heavy atom. The van der Waals surface area contributed by atoms with Gasteiger partial charge in [0.2, 0.25) is 0 Å². The van der Waals surface area contributed by atoms with E-state index in [1.54, 1.807) is 25.1 Å². The number of halogens is 1. The molecule has 1 rings (SSSR count). The zero-order valence-corrected chi connectivity index (χ0v) is 11.1. The number of guanidine groups is 1. The van der Waals surface area contributed by atoms with Crippen molar-refractivity contribution < 1.29 is 5.11 Å². The zero-order valence-electron chi connectivity index (χ0n) is 10.4. The summed E-state index contributed by atoms with van der Waals surface area (Å²) in [4.78, 5) is 4.08. The van der Waals surface area contributed by atoms with Gasteiger partial charge in [-0.05, 0) is 13.0 Å². The molecular formula is C13H18ClN3O. The smallest absolute Gasteiger partial charge is 0.188 e. The Morgan fingerprint density at radius 2 is 2.28 bits per heavy atom. The highest BCUT2D eigenvalue weighted by Gasteiger charge is 2.25. The second-order valence-corrected chi connectivity index (χ2v) is 4.53. The normalized spacial score (nSPS) is 14.9. The minimum atomic E-state index is -1.15. The Kier molecular flexibility index (Phi) is 5.19. The summed E-state index contributed by atoms with van der Waals surface area (Å²) in [5, 5.41) is 13.7. The number of nitrogens with one attached hydrogen (secondary N) is 1. The van der Waals surface area contributed by atoms with E-state index in [2.05, 4.69) is 16.9 Å². The van der Waals surface area contributed by atoms with E-state index >= 15 is 0 Å². The molecular weight excluding hydrogens is 250 g/mol. The fourth-order valence-electron chi connectivity index (χ4n) is 1.45. The van der Waals surface area contributed by atoms with E-state index in [0.29, 0.717) is 17.1 Å². The molecule has 0 aliphatic heterocycles. The third-order valence-corrected chi connectivity index (χ3v) is 2.77. The van der Waals surface area contributed by atoms with E-state index < -0.39 is 5.60 Å². The van der Waals surface area contributed by atoms with Crippen molar-refractivity contribution >= 4 is 17.6 Å². The molecule has 4 N–H and O–H groups in total. The largest absolute Gasteiger partial charge is 0.383 e. The standard InChI is InChI=1S/C13H18ClN3O/c1-3-8-16-12(15)17-9-13(2,18)10-6-4-5-7-11(10)14/h3-7,18H,1,8-9H2,2H3,(H3,15,16,17). The fraction of sp³-hybridized carbons (Fsp3) is 0.308. The van der Waals surface area contributed by atoms with E-state index in [1.165, 1.54) is 0 Å². The summed E-state index contributed by atoms with van der Waals surface area (Å²) in [6, 6.07) is 7.13. The second-order valence-electron chi connectivity index (χ2n) is 4.12. The average molecular weight is 268 g/mol. The first-order chi connectivity index (χ1) is 8.47. The van der Waals surface area contributed by atoms with Crippen molar-refractivity contribution in [3.63, 3.8) is 0 Å². The van der Waals surface area contributed by atoms with Gasteiger partial charge in [-0.3, -0.25) is 4.99 Å². The van der Waals surface area contributed by atoms with Gasteiger partial charge in [0.15, 0.2) is 5.96 Å². The van der Waals surface area contributed by atoms with Crippen LogP contribution in [0.3, 0.4) is 0 Å². The fourth-order valence-corrected chi connectivity index (χ4v) is 1.79. The monoisotopic (exact) mass is 267 g/mol. The summed E-state index contributed by atoms with van der Waals surface area (Å²) in [5.74, 6) is 0.266. The van der Waals surface area contributed by atoms with Gasteiger partial charge in [0, 0.05) is 17.1 Å². The van der Waals surface area contributed by atoms with Gasteiger partial charge in [0.1, 0.15) is 5.60 Å². The lowest BCUT2D eigenvalue weighted by molar-refractivity contribution is 0.0674. The highest BCUT2D eigenvalue weighted by molar-refractivity contribution is 6.31. The Bertz CT molecular complexity index is 444. The minimum Gasteiger partial charge on any atom is -0.383 e. The lowest BCUT2D eigenvalue weighted by Gasteiger charge is -2.23. The number of benzene rings is 1. The van der Waals surface area contributed by atoms with Crippen LogP contribution in [0, 0.1) is 0 Å². The van der Waals surface area contributed by atoms with Crippen molar-refractivity contribution in [3.05, 3.63) is 47.5 Å². The summed E-state index contributed by atoms with van der Waals surface area (Å²) in [5.41, 5.74) is 5.11. The SMILES string of the molecule is C=CCNC(N)=NCC(C)(O)c1ccccc1Cl. The summed E-state index contributed by atoms with van der Waals surface area (Å²) in [6.45, 7) is 5.88. The summed E-state index contributed by atoms with van der Waals surface area (Å²) in [6.07, 6.45) is 1.68. The number of aliphatic hydroxyl groups is 1. The third-order valence-electron chi connectivity index (χ3n) is 2.44. The van der Waals surface area contributed by atoms with E-state index in [0.717, 1.165) is 0 Å². The number of hydrogen-bond donors (Lipinski definition) is 3. The molecule has 1 unspecified atom stereocenters. The van der Waals surface area contributed by atoms with Crippen molar-refractivity contribution in [2.75, 3.05) is 13.1 Å². The Morgan fingerprint density at radius 1 is 1.61 bits per heavy atom. The molecule has 4 nitrogen and oxygen atoms in total. The summed E-state index contributed by atoms with van der Waals surface area (Å²) < 4.78 is 0. The van der Waals surface area contributed by atoms with Gasteiger partial charge in [0.05, 0.1) is 6.54 Å². The maximum absolute atomic E-state index is 10.3. The van der Waals surface area contributed by atoms with E-state index in [4.69, 9.17) is 17.3 Å². The second kappa shape index (κ2) is 6.42. The molecule has 0 amide bonds. The van der Waals surface area contributed by atoms with Crippen molar-refractivity contribution in [3.8, 4) is 0 Å². The highest BCUT2D eigenvalue weighted by atomic mass is 35.5. The van der Waals surface area contributed by atoms with Crippen LogP contribution in [0.1, 0.15) is 12.5 Å². The molecule has 98 valence electrons. The van der Waals surface area contributed by atoms with Gasteiger partial charge >= 0.3 is 0 Å². The van der Waals surface area contributed by atoms with Crippen LogP contribution in [-0.2, 0) is 5.60 Å². The Hall–Kier alpha value is -1.52. The van der Waals surface area contributed by atoms with Crippen LogP contribution in [0.2, 0.25) is 5.02 Å². The molecule has 0 aromatic heterocycles. The third kappa shape index (κ3) is 4.05. The van der Waals surface area contributed by atoms with Crippen LogP contribution in [0.4, 0.5) is 0 Å². The highest BCUT2D eigenvalue weighted by Crippen LogP contribution is 2.27. The van der Waals surface area contributed by atoms with Crippen LogP contribution in [-0.4, -0.2) is 24.2 Å². The van der Waals surface area contributed by atoms with Crippen LogP contribution < -0.4 is 11.1 Å². The number of nitrogens with zero attached hydrogens (tertiary/aromatic N) is 1. The molecule has 0 radical (unpaired) electrons. The maximum Gasteiger partial charge on any atom is 0.188 e. The van der Waals surface area contributed by atoms with E-state index in [1.807, 2.05) is 12.1 Å². The molecule has 1 aromatic rings. The predicted octanol–water partition coefficient (Wildman–Crippen LogP) is 1.64. The van der Waals surface area contributed by atoms with Crippen molar-refractivity contribution in [1.82, 2.24) is 5.32 Å². The molecule has 0 spiro atoms. The van der Waals surface area contributed by atoms with Crippen LogP contribution in [0.15, 0.2) is 41.9 Å². The molecule has 0 aliphatic carbocycles. The molecule has 0 fully saturated rings. The molecule has 0 saturated heterocycles. The van der Waals surface area contributed by atoms with Crippen LogP contribution >= 0.6 is 11.6 Å². The maximum atomic E-state index is 10.3. The van der Waals surface area contributed by atoms with Gasteiger partial charge in [-0.15, -0.1) is 6.58 Å². The Balaban J connectivity index is 2.76. The summed E-state index contributed by atoms with van der Waals surface area (Å²) in [7, 11) is 0. The summed E-state index contributed by atoms with van der Waals surface area (Å²) >= 11 is 6.04. The molecule has 0 saturated carbocycles. The number of hydrogen-bond acceptors (Lipinski definition) is 2. The first kappa shape index (κ1) is 14.5. The predicted molar refractivity (Wildman–Crippen MR) is 75.7 cm³/mol. The van der Waals surface area contributed by atoms with Gasteiger partial charge in [-0.2, -0.15) is 0 Å². The number of rotatable bonds is 5. The topological polar surface area (TPSA) is 70.6 Å². The molecule has 0 bridgehead atoms. The first-order valence-corrected chi connectivity index (χ1v) is 5.97. The van der Waals surface area contributed by atoms with Gasteiger partial charge in [0.25, 0.3) is 0 Å². The average Bonchev–Trinajstić information content (AvgIpc) is 2.34. The first-order valence-electron chi connectivity index (χ1n) is 5.59. The zero-order chi connectivity index (χ0) is 13.6. The Labute approximate surface area is 112 Å². The molecule has 0 heterocycles. The quantitative estimate of drug-likeness (QED) is 0.431.